The topological polar surface area (TPSA) is 77.5 Å². The smallest absolute Gasteiger partial charge is 0.341 e. The highest BCUT2D eigenvalue weighted by atomic mass is 19.4. The van der Waals surface area contributed by atoms with E-state index >= 15 is 0 Å². The molecule has 4 heterocycles. The largest absolute Gasteiger partial charge is 0.450 e. The minimum atomic E-state index is -4.60. The first-order valence-corrected chi connectivity index (χ1v) is 9.65. The fraction of sp³-hybridized carbons (Fsp3) is 0.500. The Morgan fingerprint density at radius 3 is 2.66 bits per heavy atom. The van der Waals surface area contributed by atoms with E-state index in [2.05, 4.69) is 37.0 Å². The van der Waals surface area contributed by atoms with E-state index in [4.69, 9.17) is 0 Å². The normalized spacial score (nSPS) is 19.4. The molecular weight excluding hydrogens is 385 g/mol. The van der Waals surface area contributed by atoms with Crippen molar-refractivity contribution >= 4 is 5.82 Å². The lowest BCUT2D eigenvalue weighted by molar-refractivity contribution is -0.146. The Morgan fingerprint density at radius 1 is 1.14 bits per heavy atom. The van der Waals surface area contributed by atoms with Crippen LogP contribution in [-0.4, -0.2) is 40.3 Å². The molecule has 0 N–H and O–H groups in total. The molecule has 1 aliphatic carbocycles. The van der Waals surface area contributed by atoms with Crippen LogP contribution < -0.4 is 4.90 Å². The van der Waals surface area contributed by atoms with Crippen molar-refractivity contribution in [3.05, 3.63) is 36.6 Å². The molecule has 0 spiro atoms. The number of anilines is 1. The molecular formula is C18H19F3N8. The zero-order valence-electron chi connectivity index (χ0n) is 15.7. The number of hydrogen-bond donors (Lipinski definition) is 0. The Balaban J connectivity index is 1.69. The number of aromatic nitrogens is 7. The molecule has 152 valence electrons. The van der Waals surface area contributed by atoms with Gasteiger partial charge in [0.15, 0.2) is 11.6 Å². The first-order chi connectivity index (χ1) is 14.0. The lowest BCUT2D eigenvalue weighted by atomic mass is 10.0. The zero-order valence-corrected chi connectivity index (χ0v) is 15.7. The van der Waals surface area contributed by atoms with Gasteiger partial charge in [-0.3, -0.25) is 9.13 Å². The summed E-state index contributed by atoms with van der Waals surface area (Å²) >= 11 is 0. The van der Waals surface area contributed by atoms with Gasteiger partial charge in [0.1, 0.15) is 12.0 Å². The van der Waals surface area contributed by atoms with Gasteiger partial charge in [0, 0.05) is 18.4 Å². The molecule has 0 amide bonds. The van der Waals surface area contributed by atoms with Gasteiger partial charge in [-0.2, -0.15) is 18.2 Å². The number of rotatable bonds is 3. The second-order valence-corrected chi connectivity index (χ2v) is 7.33. The first kappa shape index (κ1) is 18.1. The number of imidazole rings is 1. The minimum Gasteiger partial charge on any atom is -0.341 e. The summed E-state index contributed by atoms with van der Waals surface area (Å²) in [5.41, 5.74) is 0.680. The molecule has 8 nitrogen and oxygen atoms in total. The van der Waals surface area contributed by atoms with Gasteiger partial charge in [-0.05, 0) is 19.3 Å². The minimum absolute atomic E-state index is 0.0410. The molecule has 3 aromatic heterocycles. The molecule has 2 aliphatic rings. The molecule has 0 bridgehead atoms. The van der Waals surface area contributed by atoms with E-state index in [1.165, 1.54) is 6.20 Å². The van der Waals surface area contributed by atoms with Crippen molar-refractivity contribution in [1.82, 2.24) is 34.3 Å². The maximum atomic E-state index is 13.3. The van der Waals surface area contributed by atoms with E-state index in [0.29, 0.717) is 11.5 Å². The molecule has 3 aromatic rings. The molecule has 1 saturated carbocycles. The van der Waals surface area contributed by atoms with Crippen LogP contribution in [0.5, 0.6) is 0 Å². The molecule has 0 saturated heterocycles. The number of nitrogens with zero attached hydrogens (tertiary/aromatic N) is 8. The number of fused-ring (bicyclic) bond motifs is 3. The van der Waals surface area contributed by atoms with Crippen LogP contribution >= 0.6 is 0 Å². The van der Waals surface area contributed by atoms with Gasteiger partial charge >= 0.3 is 6.18 Å². The highest BCUT2D eigenvalue weighted by molar-refractivity contribution is 5.62. The average molecular weight is 404 g/mol. The van der Waals surface area contributed by atoms with Crippen molar-refractivity contribution in [3.63, 3.8) is 0 Å². The zero-order chi connectivity index (χ0) is 20.2. The van der Waals surface area contributed by atoms with E-state index in [0.717, 1.165) is 48.7 Å². The van der Waals surface area contributed by atoms with Crippen LogP contribution in [0.15, 0.2) is 24.9 Å². The Labute approximate surface area is 164 Å². The molecule has 1 fully saturated rings. The van der Waals surface area contributed by atoms with Crippen molar-refractivity contribution < 1.29 is 13.2 Å². The second-order valence-electron chi connectivity index (χ2n) is 7.33. The van der Waals surface area contributed by atoms with E-state index in [1.54, 1.807) is 12.5 Å². The molecule has 0 unspecified atom stereocenters. The predicted molar refractivity (Wildman–Crippen MR) is 96.8 cm³/mol. The summed E-state index contributed by atoms with van der Waals surface area (Å²) in [6.07, 6.45) is 5.94. The highest BCUT2D eigenvalue weighted by Gasteiger charge is 2.40. The van der Waals surface area contributed by atoms with Gasteiger partial charge < -0.3 is 4.90 Å². The summed E-state index contributed by atoms with van der Waals surface area (Å²) in [7, 11) is 0. The van der Waals surface area contributed by atoms with Crippen LogP contribution in [0.2, 0.25) is 0 Å². The highest BCUT2D eigenvalue weighted by Crippen LogP contribution is 2.42. The van der Waals surface area contributed by atoms with E-state index in [9.17, 15) is 13.2 Å². The quantitative estimate of drug-likeness (QED) is 0.665. The SMILES string of the molecule is CC[C@@H]1c2nncn2-c2cnc(-n3ccnc3C(F)(F)F)nc2N1C1CCCC1. The van der Waals surface area contributed by atoms with Gasteiger partial charge in [0.2, 0.25) is 11.8 Å². The number of halogens is 3. The Bertz CT molecular complexity index is 1030. The van der Waals surface area contributed by atoms with E-state index < -0.39 is 12.0 Å². The maximum Gasteiger partial charge on any atom is 0.450 e. The van der Waals surface area contributed by atoms with Crippen LogP contribution in [-0.2, 0) is 6.18 Å². The molecule has 0 radical (unpaired) electrons. The van der Waals surface area contributed by atoms with Gasteiger partial charge in [-0.1, -0.05) is 19.8 Å². The molecule has 11 heteroatoms. The third-order valence-electron chi connectivity index (χ3n) is 5.66. The van der Waals surface area contributed by atoms with E-state index in [1.807, 2.05) is 4.57 Å². The first-order valence-electron chi connectivity index (χ1n) is 9.65. The van der Waals surface area contributed by atoms with Crippen molar-refractivity contribution in [2.75, 3.05) is 4.90 Å². The Kier molecular flexibility index (Phi) is 4.07. The molecule has 1 aliphatic heterocycles. The molecule has 29 heavy (non-hydrogen) atoms. The molecule has 0 aromatic carbocycles. The molecule has 5 rings (SSSR count). The Hall–Kier alpha value is -2.98. The van der Waals surface area contributed by atoms with Crippen LogP contribution in [0.1, 0.15) is 56.7 Å². The van der Waals surface area contributed by atoms with Gasteiger partial charge in [0.05, 0.1) is 12.2 Å². The van der Waals surface area contributed by atoms with Gasteiger partial charge in [-0.15, -0.1) is 10.2 Å². The fourth-order valence-electron chi connectivity index (χ4n) is 4.43. The summed E-state index contributed by atoms with van der Waals surface area (Å²) in [5.74, 6) is 0.324. The van der Waals surface area contributed by atoms with Crippen LogP contribution in [0.3, 0.4) is 0 Å². The standard InChI is InChI=1S/C18H19F3N8/c1-2-12-15-26-24-10-28(15)13-9-23-17(27-8-7-22-16(27)18(19,20)21)25-14(13)29(12)11-5-3-4-6-11/h7-12H,2-6H2,1H3/t12-/m1/s1. The lowest BCUT2D eigenvalue weighted by Gasteiger charge is -2.40. The van der Waals surface area contributed by atoms with Crippen molar-refractivity contribution in [2.24, 2.45) is 0 Å². The fourth-order valence-corrected chi connectivity index (χ4v) is 4.43. The van der Waals surface area contributed by atoms with E-state index in [-0.39, 0.29) is 18.0 Å². The predicted octanol–water partition coefficient (Wildman–Crippen LogP) is 3.48. The van der Waals surface area contributed by atoms with Gasteiger partial charge in [0.25, 0.3) is 0 Å². The van der Waals surface area contributed by atoms with Crippen molar-refractivity contribution in [1.29, 1.82) is 0 Å². The summed E-state index contributed by atoms with van der Waals surface area (Å²) in [4.78, 5) is 14.5. The summed E-state index contributed by atoms with van der Waals surface area (Å²) in [5, 5.41) is 8.35. The number of hydrogen-bond acceptors (Lipinski definition) is 6. The maximum absolute atomic E-state index is 13.3. The van der Waals surface area contributed by atoms with Crippen molar-refractivity contribution in [3.8, 4) is 11.6 Å². The van der Waals surface area contributed by atoms with Crippen LogP contribution in [0.25, 0.3) is 11.6 Å². The monoisotopic (exact) mass is 404 g/mol. The van der Waals surface area contributed by atoms with Crippen LogP contribution in [0.4, 0.5) is 19.0 Å². The Morgan fingerprint density at radius 2 is 1.93 bits per heavy atom. The summed E-state index contributed by atoms with van der Waals surface area (Å²) in [6, 6.07) is 0.220. The van der Waals surface area contributed by atoms with Crippen LogP contribution in [0, 0.1) is 0 Å². The average Bonchev–Trinajstić information content (AvgIpc) is 3.46. The van der Waals surface area contributed by atoms with Gasteiger partial charge in [-0.25, -0.2) is 9.97 Å². The summed E-state index contributed by atoms with van der Waals surface area (Å²) in [6.45, 7) is 2.07. The lowest BCUT2D eigenvalue weighted by Crippen LogP contribution is -2.42. The number of alkyl halides is 3. The third-order valence-corrected chi connectivity index (χ3v) is 5.66. The van der Waals surface area contributed by atoms with Crippen molar-refractivity contribution in [2.45, 2.75) is 57.3 Å². The second kappa shape index (κ2) is 6.53. The summed E-state index contributed by atoms with van der Waals surface area (Å²) < 4.78 is 42.7. The third kappa shape index (κ3) is 2.78. The molecule has 1 atom stereocenters.